The Labute approximate surface area is 102 Å². The Hall–Kier alpha value is -1.46. The molecule has 1 aromatic carbocycles. The monoisotopic (exact) mass is 240 g/mol. The van der Waals surface area contributed by atoms with Crippen LogP contribution in [0.4, 0.5) is 0 Å². The second-order valence-corrected chi connectivity index (χ2v) is 3.46. The van der Waals surface area contributed by atoms with Crippen molar-refractivity contribution in [2.75, 3.05) is 34.4 Å². The molecule has 96 valence electrons. The van der Waals surface area contributed by atoms with Gasteiger partial charge in [-0.1, -0.05) is 6.07 Å². The van der Waals surface area contributed by atoms with Crippen LogP contribution in [0.15, 0.2) is 12.1 Å². The molecule has 17 heavy (non-hydrogen) atoms. The van der Waals surface area contributed by atoms with Gasteiger partial charge in [-0.25, -0.2) is 0 Å². The molecule has 0 unspecified atom stereocenters. The van der Waals surface area contributed by atoms with Crippen molar-refractivity contribution in [2.24, 2.45) is 5.73 Å². The van der Waals surface area contributed by atoms with Crippen LogP contribution >= 0.6 is 0 Å². The summed E-state index contributed by atoms with van der Waals surface area (Å²) in [5.74, 6) is 1.96. The Morgan fingerprint density at radius 2 is 1.76 bits per heavy atom. The molecule has 0 spiro atoms. The summed E-state index contributed by atoms with van der Waals surface area (Å²) < 4.78 is 15.9. The third kappa shape index (κ3) is 3.25. The molecule has 3 N–H and O–H groups in total. The third-order valence-electron chi connectivity index (χ3n) is 2.42. The molecule has 1 rings (SSSR count). The summed E-state index contributed by atoms with van der Waals surface area (Å²) in [5.41, 5.74) is 6.44. The van der Waals surface area contributed by atoms with Crippen LogP contribution in [0.2, 0.25) is 0 Å². The molecule has 0 bridgehead atoms. The highest BCUT2D eigenvalue weighted by Crippen LogP contribution is 2.39. The molecule has 0 aliphatic rings. The number of rotatable bonds is 7. The molecule has 0 aliphatic carbocycles. The Morgan fingerprint density at radius 1 is 1.06 bits per heavy atom. The van der Waals surface area contributed by atoms with E-state index in [1.807, 2.05) is 12.1 Å². The molecule has 0 aromatic heterocycles. The average molecular weight is 240 g/mol. The molecule has 0 aliphatic heterocycles. The lowest BCUT2D eigenvalue weighted by molar-refractivity contribution is 0.321. The van der Waals surface area contributed by atoms with E-state index >= 15 is 0 Å². The summed E-state index contributed by atoms with van der Waals surface area (Å²) in [5, 5.41) is 3.21. The van der Waals surface area contributed by atoms with Gasteiger partial charge in [0, 0.05) is 25.2 Å². The van der Waals surface area contributed by atoms with E-state index in [-0.39, 0.29) is 0 Å². The quantitative estimate of drug-likeness (QED) is 0.689. The Kier molecular flexibility index (Phi) is 5.59. The van der Waals surface area contributed by atoms with Crippen LogP contribution in [-0.4, -0.2) is 34.4 Å². The van der Waals surface area contributed by atoms with Crippen LogP contribution in [0, 0.1) is 0 Å². The first-order valence-corrected chi connectivity index (χ1v) is 5.47. The summed E-state index contributed by atoms with van der Waals surface area (Å²) in [6, 6.07) is 3.81. The zero-order valence-corrected chi connectivity index (χ0v) is 10.6. The standard InChI is InChI=1S/C12H20N2O3/c1-15-10-5-4-9(8-14-7-6-13)11(16-2)12(10)17-3/h4-5,14H,6-8,13H2,1-3H3. The zero-order chi connectivity index (χ0) is 12.7. The highest BCUT2D eigenvalue weighted by molar-refractivity contribution is 5.55. The molecule has 0 fully saturated rings. The lowest BCUT2D eigenvalue weighted by atomic mass is 10.1. The van der Waals surface area contributed by atoms with Crippen molar-refractivity contribution < 1.29 is 14.2 Å². The maximum absolute atomic E-state index is 5.43. The molecule has 0 atom stereocenters. The van der Waals surface area contributed by atoms with E-state index in [1.165, 1.54) is 0 Å². The molecule has 0 amide bonds. The summed E-state index contributed by atoms with van der Waals surface area (Å²) in [6.45, 7) is 2.05. The lowest BCUT2D eigenvalue weighted by Gasteiger charge is -2.15. The molecule has 5 heteroatoms. The van der Waals surface area contributed by atoms with Gasteiger partial charge in [-0.3, -0.25) is 0 Å². The third-order valence-corrected chi connectivity index (χ3v) is 2.42. The number of hydrogen-bond acceptors (Lipinski definition) is 5. The van der Waals surface area contributed by atoms with Gasteiger partial charge in [-0.05, 0) is 6.07 Å². The minimum atomic E-state index is 0.607. The maximum Gasteiger partial charge on any atom is 0.203 e. The normalized spacial score (nSPS) is 10.1. The van der Waals surface area contributed by atoms with Gasteiger partial charge in [0.05, 0.1) is 21.3 Å². The first kappa shape index (κ1) is 13.6. The van der Waals surface area contributed by atoms with Crippen LogP contribution in [0.3, 0.4) is 0 Å². The first-order valence-electron chi connectivity index (χ1n) is 5.47. The van der Waals surface area contributed by atoms with Gasteiger partial charge in [0.15, 0.2) is 11.5 Å². The number of hydrogen-bond donors (Lipinski definition) is 2. The minimum Gasteiger partial charge on any atom is -0.493 e. The van der Waals surface area contributed by atoms with Crippen LogP contribution in [0.1, 0.15) is 5.56 Å². The van der Waals surface area contributed by atoms with Crippen molar-refractivity contribution in [1.82, 2.24) is 5.32 Å². The van der Waals surface area contributed by atoms with Crippen LogP contribution in [0.5, 0.6) is 17.2 Å². The fraction of sp³-hybridized carbons (Fsp3) is 0.500. The fourth-order valence-electron chi connectivity index (χ4n) is 1.63. The number of ether oxygens (including phenoxy) is 3. The summed E-state index contributed by atoms with van der Waals surface area (Å²) >= 11 is 0. The minimum absolute atomic E-state index is 0.607. The van der Waals surface area contributed by atoms with Crippen molar-refractivity contribution in [2.45, 2.75) is 6.54 Å². The van der Waals surface area contributed by atoms with E-state index in [4.69, 9.17) is 19.9 Å². The van der Waals surface area contributed by atoms with Gasteiger partial charge in [-0.15, -0.1) is 0 Å². The van der Waals surface area contributed by atoms with Gasteiger partial charge in [0.25, 0.3) is 0 Å². The number of methoxy groups -OCH3 is 3. The van der Waals surface area contributed by atoms with Gasteiger partial charge in [0.2, 0.25) is 5.75 Å². The molecular weight excluding hydrogens is 220 g/mol. The van der Waals surface area contributed by atoms with E-state index in [0.29, 0.717) is 30.3 Å². The van der Waals surface area contributed by atoms with E-state index in [1.54, 1.807) is 21.3 Å². The van der Waals surface area contributed by atoms with E-state index in [0.717, 1.165) is 12.1 Å². The van der Waals surface area contributed by atoms with Crippen LogP contribution in [-0.2, 0) is 6.54 Å². The molecule has 0 saturated heterocycles. The number of nitrogens with two attached hydrogens (primary N) is 1. The Balaban J connectivity index is 2.97. The molecule has 1 aromatic rings. The second kappa shape index (κ2) is 6.98. The summed E-state index contributed by atoms with van der Waals surface area (Å²) in [6.07, 6.45) is 0. The molecule has 0 heterocycles. The SMILES string of the molecule is COc1ccc(CNCCN)c(OC)c1OC. The molecule has 5 nitrogen and oxygen atoms in total. The van der Waals surface area contributed by atoms with Gasteiger partial charge >= 0.3 is 0 Å². The van der Waals surface area contributed by atoms with Crippen molar-refractivity contribution in [3.8, 4) is 17.2 Å². The highest BCUT2D eigenvalue weighted by Gasteiger charge is 2.14. The summed E-state index contributed by atoms with van der Waals surface area (Å²) in [4.78, 5) is 0. The second-order valence-electron chi connectivity index (χ2n) is 3.46. The maximum atomic E-state index is 5.43. The zero-order valence-electron chi connectivity index (χ0n) is 10.6. The van der Waals surface area contributed by atoms with Gasteiger partial charge < -0.3 is 25.3 Å². The molecular formula is C12H20N2O3. The summed E-state index contributed by atoms with van der Waals surface area (Å²) in [7, 11) is 4.81. The van der Waals surface area contributed by atoms with E-state index in [9.17, 15) is 0 Å². The van der Waals surface area contributed by atoms with E-state index < -0.39 is 0 Å². The van der Waals surface area contributed by atoms with Crippen LogP contribution < -0.4 is 25.3 Å². The largest absolute Gasteiger partial charge is 0.493 e. The first-order chi connectivity index (χ1) is 8.28. The average Bonchev–Trinajstić information content (AvgIpc) is 2.38. The van der Waals surface area contributed by atoms with Crippen LogP contribution in [0.25, 0.3) is 0 Å². The van der Waals surface area contributed by atoms with Crippen molar-refractivity contribution in [3.05, 3.63) is 17.7 Å². The van der Waals surface area contributed by atoms with Crippen molar-refractivity contribution in [1.29, 1.82) is 0 Å². The van der Waals surface area contributed by atoms with Crippen molar-refractivity contribution in [3.63, 3.8) is 0 Å². The fourth-order valence-corrected chi connectivity index (χ4v) is 1.63. The lowest BCUT2D eigenvalue weighted by Crippen LogP contribution is -2.22. The Bertz CT molecular complexity index is 356. The van der Waals surface area contributed by atoms with Gasteiger partial charge in [0.1, 0.15) is 0 Å². The Morgan fingerprint density at radius 3 is 2.29 bits per heavy atom. The van der Waals surface area contributed by atoms with Gasteiger partial charge in [-0.2, -0.15) is 0 Å². The topological polar surface area (TPSA) is 65.7 Å². The molecule has 0 saturated carbocycles. The van der Waals surface area contributed by atoms with E-state index in [2.05, 4.69) is 5.32 Å². The van der Waals surface area contributed by atoms with Crippen molar-refractivity contribution >= 4 is 0 Å². The predicted molar refractivity (Wildman–Crippen MR) is 66.9 cm³/mol. The highest BCUT2D eigenvalue weighted by atomic mass is 16.5. The smallest absolute Gasteiger partial charge is 0.203 e. The molecule has 0 radical (unpaired) electrons. The number of benzene rings is 1. The number of nitrogens with one attached hydrogen (secondary N) is 1. The predicted octanol–water partition coefficient (Wildman–Crippen LogP) is 0.761.